The Morgan fingerprint density at radius 3 is 2.68 bits per heavy atom. The fourth-order valence-electron chi connectivity index (χ4n) is 3.37. The highest BCUT2D eigenvalue weighted by Crippen LogP contribution is 2.38. The highest BCUT2D eigenvalue weighted by atomic mass is 32.2. The fourth-order valence-corrected chi connectivity index (χ4v) is 4.28. The van der Waals surface area contributed by atoms with Crippen LogP contribution in [0.15, 0.2) is 39.3 Å². The molecule has 4 unspecified atom stereocenters. The van der Waals surface area contributed by atoms with Crippen LogP contribution in [-0.2, 0) is 4.74 Å². The van der Waals surface area contributed by atoms with Crippen LogP contribution in [0.4, 0.5) is 5.69 Å². The maximum absolute atomic E-state index is 11.2. The molecule has 0 amide bonds. The molecule has 14 nitrogen and oxygen atoms in total. The van der Waals surface area contributed by atoms with Crippen molar-refractivity contribution in [3.63, 3.8) is 0 Å². The molecule has 4 atom stereocenters. The summed E-state index contributed by atoms with van der Waals surface area (Å²) in [6, 6.07) is 2.80. The number of nitrogens with zero attached hydrogens (tertiary/aromatic N) is 7. The Morgan fingerprint density at radius 1 is 1.13 bits per heavy atom. The SMILES string of the molecule is O=[N+]([O-])c1ccc(Sc2ncnc3c2ncn3C2OC(CO)C(O)C2O)c2nonc12. The second-order valence-corrected chi connectivity index (χ2v) is 7.67. The van der Waals surface area contributed by atoms with Gasteiger partial charge in [-0.1, -0.05) is 11.8 Å². The zero-order chi connectivity index (χ0) is 21.7. The van der Waals surface area contributed by atoms with E-state index >= 15 is 0 Å². The molecule has 4 aromatic rings. The lowest BCUT2D eigenvalue weighted by Crippen LogP contribution is -2.33. The minimum atomic E-state index is -1.30. The fraction of sp³-hybridized carbons (Fsp3) is 0.312. The topological polar surface area (TPSA) is 196 Å². The normalized spacial score (nSPS) is 23.7. The van der Waals surface area contributed by atoms with Crippen LogP contribution in [0.1, 0.15) is 6.23 Å². The summed E-state index contributed by atoms with van der Waals surface area (Å²) in [6.45, 7) is -0.459. The zero-order valence-corrected chi connectivity index (χ0v) is 16.2. The first kappa shape index (κ1) is 19.7. The van der Waals surface area contributed by atoms with Gasteiger partial charge in [0.2, 0.25) is 5.52 Å². The van der Waals surface area contributed by atoms with E-state index in [4.69, 9.17) is 4.74 Å². The van der Waals surface area contributed by atoms with Crippen LogP contribution in [0.5, 0.6) is 0 Å². The lowest BCUT2D eigenvalue weighted by Gasteiger charge is -2.16. The van der Waals surface area contributed by atoms with Crippen molar-refractivity contribution in [3.8, 4) is 0 Å². The lowest BCUT2D eigenvalue weighted by atomic mass is 10.1. The number of fused-ring (bicyclic) bond motifs is 2. The van der Waals surface area contributed by atoms with Crippen LogP contribution >= 0.6 is 11.8 Å². The summed E-state index contributed by atoms with van der Waals surface area (Å²) in [7, 11) is 0. The van der Waals surface area contributed by atoms with Gasteiger partial charge in [0.1, 0.15) is 35.2 Å². The average Bonchev–Trinajstić information content (AvgIpc) is 3.47. The summed E-state index contributed by atoms with van der Waals surface area (Å²) in [5.74, 6) is 0. The molecular weight excluding hydrogens is 434 g/mol. The van der Waals surface area contributed by atoms with E-state index in [1.54, 1.807) is 0 Å². The molecule has 0 bridgehead atoms. The van der Waals surface area contributed by atoms with E-state index in [0.29, 0.717) is 21.1 Å². The van der Waals surface area contributed by atoms with Crippen molar-refractivity contribution in [1.82, 2.24) is 29.8 Å². The first-order valence-electron chi connectivity index (χ1n) is 8.87. The van der Waals surface area contributed by atoms with Gasteiger partial charge >= 0.3 is 5.69 Å². The quantitative estimate of drug-likeness (QED) is 0.211. The van der Waals surface area contributed by atoms with E-state index < -0.39 is 36.1 Å². The van der Waals surface area contributed by atoms with Crippen molar-refractivity contribution >= 4 is 39.6 Å². The van der Waals surface area contributed by atoms with Crippen LogP contribution in [0.25, 0.3) is 22.2 Å². The molecule has 1 fully saturated rings. The number of benzene rings is 1. The molecule has 0 aliphatic carbocycles. The highest BCUT2D eigenvalue weighted by Gasteiger charge is 2.44. The Kier molecular flexibility index (Phi) is 4.75. The Labute approximate surface area is 175 Å². The van der Waals surface area contributed by atoms with Gasteiger partial charge in [0.05, 0.1) is 17.9 Å². The van der Waals surface area contributed by atoms with E-state index in [-0.39, 0.29) is 16.7 Å². The van der Waals surface area contributed by atoms with E-state index in [1.807, 2.05) is 0 Å². The molecule has 160 valence electrons. The molecule has 0 radical (unpaired) electrons. The molecule has 4 heterocycles. The smallest absolute Gasteiger partial charge is 0.300 e. The van der Waals surface area contributed by atoms with E-state index in [9.17, 15) is 25.4 Å². The molecule has 1 saturated heterocycles. The van der Waals surface area contributed by atoms with E-state index in [1.165, 1.54) is 29.4 Å². The molecule has 1 aliphatic rings. The number of hydrogen-bond acceptors (Lipinski definition) is 13. The largest absolute Gasteiger partial charge is 0.394 e. The predicted molar refractivity (Wildman–Crippen MR) is 101 cm³/mol. The van der Waals surface area contributed by atoms with Gasteiger partial charge in [-0.05, 0) is 16.4 Å². The molecule has 1 aromatic carbocycles. The maximum atomic E-state index is 11.2. The summed E-state index contributed by atoms with van der Waals surface area (Å²) in [4.78, 5) is 23.8. The number of imidazole rings is 1. The van der Waals surface area contributed by atoms with Gasteiger partial charge in [-0.25, -0.2) is 19.6 Å². The number of aliphatic hydroxyl groups is 3. The minimum Gasteiger partial charge on any atom is -0.394 e. The highest BCUT2D eigenvalue weighted by molar-refractivity contribution is 7.99. The van der Waals surface area contributed by atoms with Gasteiger partial charge < -0.3 is 20.1 Å². The second-order valence-electron chi connectivity index (χ2n) is 6.64. The number of non-ortho nitro benzene ring substituents is 1. The summed E-state index contributed by atoms with van der Waals surface area (Å²) in [5, 5.41) is 48.6. The first-order chi connectivity index (χ1) is 15.0. The number of ether oxygens (including phenoxy) is 1. The van der Waals surface area contributed by atoms with Gasteiger partial charge in [-0.3, -0.25) is 14.7 Å². The molecule has 31 heavy (non-hydrogen) atoms. The summed E-state index contributed by atoms with van der Waals surface area (Å²) < 4.78 is 11.7. The molecule has 0 saturated carbocycles. The lowest BCUT2D eigenvalue weighted by molar-refractivity contribution is -0.383. The van der Waals surface area contributed by atoms with Crippen molar-refractivity contribution in [2.24, 2.45) is 0 Å². The van der Waals surface area contributed by atoms with Crippen LogP contribution in [0, 0.1) is 10.1 Å². The molecular formula is C16H13N7O7S. The van der Waals surface area contributed by atoms with Crippen molar-refractivity contribution in [2.75, 3.05) is 6.61 Å². The number of nitro benzene ring substituents is 1. The van der Waals surface area contributed by atoms with Crippen molar-refractivity contribution in [2.45, 2.75) is 34.5 Å². The Morgan fingerprint density at radius 2 is 1.94 bits per heavy atom. The van der Waals surface area contributed by atoms with E-state index in [0.717, 1.165) is 11.8 Å². The van der Waals surface area contributed by atoms with E-state index in [2.05, 4.69) is 29.9 Å². The second kappa shape index (κ2) is 7.47. The third-order valence-electron chi connectivity index (χ3n) is 4.88. The standard InChI is InChI=1S/C16H13N7O7S/c24-3-7-12(25)13(26)16(29-7)22-5-19-11-14(22)17-4-18-15(11)31-8-2-1-6(23(27)28)9-10(8)21-30-20-9/h1-2,4-5,7,12-13,16,24-26H,3H2. The Bertz CT molecular complexity index is 1290. The first-order valence-corrected chi connectivity index (χ1v) is 9.68. The number of aliphatic hydroxyl groups excluding tert-OH is 3. The van der Waals surface area contributed by atoms with Gasteiger partial charge in [0.25, 0.3) is 0 Å². The van der Waals surface area contributed by atoms with Crippen LogP contribution in [-0.4, -0.2) is 75.0 Å². The zero-order valence-electron chi connectivity index (χ0n) is 15.3. The average molecular weight is 447 g/mol. The Balaban J connectivity index is 1.53. The molecule has 0 spiro atoms. The van der Waals surface area contributed by atoms with Crippen molar-refractivity contribution in [1.29, 1.82) is 0 Å². The molecule has 1 aliphatic heterocycles. The Hall–Kier alpha value is -3.24. The van der Waals surface area contributed by atoms with Gasteiger partial charge in [-0.2, -0.15) is 0 Å². The van der Waals surface area contributed by atoms with Crippen LogP contribution < -0.4 is 0 Å². The number of rotatable bonds is 5. The molecule has 15 heteroatoms. The third kappa shape index (κ3) is 3.10. The van der Waals surface area contributed by atoms with Gasteiger partial charge in [0.15, 0.2) is 17.4 Å². The third-order valence-corrected chi connectivity index (χ3v) is 5.92. The van der Waals surface area contributed by atoms with Gasteiger partial charge in [0, 0.05) is 11.0 Å². The summed E-state index contributed by atoms with van der Waals surface area (Å²) in [6.07, 6.45) is -1.84. The van der Waals surface area contributed by atoms with Crippen molar-refractivity contribution in [3.05, 3.63) is 34.9 Å². The minimum absolute atomic E-state index is 0.0114. The van der Waals surface area contributed by atoms with Crippen molar-refractivity contribution < 1.29 is 29.6 Å². The molecule has 3 aromatic heterocycles. The monoisotopic (exact) mass is 447 g/mol. The van der Waals surface area contributed by atoms with Crippen LogP contribution in [0.3, 0.4) is 0 Å². The molecule has 5 rings (SSSR count). The summed E-state index contributed by atoms with van der Waals surface area (Å²) >= 11 is 1.13. The predicted octanol–water partition coefficient (Wildman–Crippen LogP) is 0.0334. The summed E-state index contributed by atoms with van der Waals surface area (Å²) in [5.41, 5.74) is 0.672. The number of hydrogen-bond donors (Lipinski definition) is 3. The van der Waals surface area contributed by atoms with Gasteiger partial charge in [-0.15, -0.1) is 0 Å². The number of nitro groups is 1. The molecule has 3 N–H and O–H groups in total. The maximum Gasteiger partial charge on any atom is 0.300 e. The van der Waals surface area contributed by atoms with Crippen LogP contribution in [0.2, 0.25) is 0 Å². The number of aromatic nitrogens is 6.